The maximum absolute atomic E-state index is 12.7. The zero-order chi connectivity index (χ0) is 19.9. The zero-order valence-corrected chi connectivity index (χ0v) is 15.9. The number of esters is 1. The van der Waals surface area contributed by atoms with Crippen LogP contribution in [-0.2, 0) is 4.74 Å². The summed E-state index contributed by atoms with van der Waals surface area (Å²) in [5.74, 6) is -0.991. The first-order valence-electron chi connectivity index (χ1n) is 9.48. The first kappa shape index (κ1) is 19.6. The van der Waals surface area contributed by atoms with Gasteiger partial charge in [0.2, 0.25) is 0 Å². The Morgan fingerprint density at radius 1 is 0.857 bits per heavy atom. The van der Waals surface area contributed by atoms with Crippen LogP contribution in [0.4, 0.5) is 5.69 Å². The highest BCUT2D eigenvalue weighted by Crippen LogP contribution is 2.20. The Bertz CT molecular complexity index is 855. The van der Waals surface area contributed by atoms with Gasteiger partial charge in [-0.25, -0.2) is 4.79 Å². The predicted octanol–water partition coefficient (Wildman–Crippen LogP) is 3.79. The van der Waals surface area contributed by atoms with Crippen LogP contribution in [0.1, 0.15) is 63.2 Å². The Labute approximate surface area is 164 Å². The molecule has 1 fully saturated rings. The highest BCUT2D eigenvalue weighted by Gasteiger charge is 2.19. The summed E-state index contributed by atoms with van der Waals surface area (Å²) in [6.07, 6.45) is 5.46. The summed E-state index contributed by atoms with van der Waals surface area (Å²) in [6, 6.07) is 13.3. The molecule has 0 saturated heterocycles. The van der Waals surface area contributed by atoms with Crippen molar-refractivity contribution in [1.29, 1.82) is 0 Å². The van der Waals surface area contributed by atoms with E-state index < -0.39 is 5.97 Å². The van der Waals surface area contributed by atoms with E-state index in [0.29, 0.717) is 22.4 Å². The standard InChI is InChI=1S/C22H24N2O4/c1-28-22(27)16-13-11-15(12-14-16)20(25)24-19-10-6-5-9-18(19)21(26)23-17-7-3-2-4-8-17/h5-6,9-14,17H,2-4,7-8H2,1H3,(H,23,26)(H,24,25). The monoisotopic (exact) mass is 380 g/mol. The van der Waals surface area contributed by atoms with E-state index in [1.54, 1.807) is 36.4 Å². The molecule has 6 heteroatoms. The van der Waals surface area contributed by atoms with Gasteiger partial charge in [-0.05, 0) is 49.2 Å². The Hall–Kier alpha value is -3.15. The molecule has 0 spiro atoms. The van der Waals surface area contributed by atoms with Crippen LogP contribution in [0.25, 0.3) is 0 Å². The van der Waals surface area contributed by atoms with Crippen LogP contribution in [0.15, 0.2) is 48.5 Å². The van der Waals surface area contributed by atoms with E-state index in [1.807, 2.05) is 0 Å². The molecule has 0 aliphatic heterocycles. The van der Waals surface area contributed by atoms with Crippen molar-refractivity contribution in [1.82, 2.24) is 5.32 Å². The number of anilines is 1. The van der Waals surface area contributed by atoms with E-state index in [-0.39, 0.29) is 17.9 Å². The molecule has 146 valence electrons. The van der Waals surface area contributed by atoms with Crippen LogP contribution < -0.4 is 10.6 Å². The van der Waals surface area contributed by atoms with Crippen molar-refractivity contribution >= 4 is 23.5 Å². The molecule has 1 saturated carbocycles. The van der Waals surface area contributed by atoms with Gasteiger partial charge < -0.3 is 15.4 Å². The number of hydrogen-bond donors (Lipinski definition) is 2. The molecule has 1 aliphatic carbocycles. The lowest BCUT2D eigenvalue weighted by molar-refractivity contribution is 0.0600. The first-order chi connectivity index (χ1) is 13.6. The Balaban J connectivity index is 1.71. The lowest BCUT2D eigenvalue weighted by atomic mass is 9.95. The smallest absolute Gasteiger partial charge is 0.337 e. The van der Waals surface area contributed by atoms with Gasteiger partial charge in [0.1, 0.15) is 0 Å². The number of amides is 2. The number of carbonyl (C=O) groups is 3. The molecular weight excluding hydrogens is 356 g/mol. The maximum atomic E-state index is 12.7. The lowest BCUT2D eigenvalue weighted by Gasteiger charge is -2.23. The number of methoxy groups -OCH3 is 1. The number of benzene rings is 2. The molecule has 3 rings (SSSR count). The number of rotatable bonds is 5. The second kappa shape index (κ2) is 9.17. The molecule has 0 bridgehead atoms. The molecule has 2 aromatic rings. The summed E-state index contributed by atoms with van der Waals surface area (Å²) in [6.45, 7) is 0. The third-order valence-corrected chi connectivity index (χ3v) is 4.93. The number of carbonyl (C=O) groups excluding carboxylic acids is 3. The second-order valence-electron chi connectivity index (χ2n) is 6.88. The number of ether oxygens (including phenoxy) is 1. The van der Waals surface area contributed by atoms with Gasteiger partial charge >= 0.3 is 5.97 Å². The van der Waals surface area contributed by atoms with E-state index in [2.05, 4.69) is 15.4 Å². The highest BCUT2D eigenvalue weighted by molar-refractivity contribution is 6.09. The molecule has 1 aliphatic rings. The SMILES string of the molecule is COC(=O)c1ccc(C(=O)Nc2ccccc2C(=O)NC2CCCCC2)cc1. The van der Waals surface area contributed by atoms with Gasteiger partial charge in [0.05, 0.1) is 23.9 Å². The third-order valence-electron chi connectivity index (χ3n) is 4.93. The van der Waals surface area contributed by atoms with Gasteiger partial charge in [0, 0.05) is 11.6 Å². The fourth-order valence-electron chi connectivity index (χ4n) is 3.37. The summed E-state index contributed by atoms with van der Waals surface area (Å²) >= 11 is 0. The van der Waals surface area contributed by atoms with Gasteiger partial charge in [0.25, 0.3) is 11.8 Å². The van der Waals surface area contributed by atoms with E-state index >= 15 is 0 Å². The van der Waals surface area contributed by atoms with Crippen molar-refractivity contribution in [2.45, 2.75) is 38.1 Å². The molecule has 28 heavy (non-hydrogen) atoms. The van der Waals surface area contributed by atoms with Gasteiger partial charge in [-0.2, -0.15) is 0 Å². The largest absolute Gasteiger partial charge is 0.465 e. The fourth-order valence-corrected chi connectivity index (χ4v) is 3.37. The lowest BCUT2D eigenvalue weighted by Crippen LogP contribution is -2.36. The van der Waals surface area contributed by atoms with E-state index in [4.69, 9.17) is 0 Å². The highest BCUT2D eigenvalue weighted by atomic mass is 16.5. The minimum Gasteiger partial charge on any atom is -0.465 e. The summed E-state index contributed by atoms with van der Waals surface area (Å²) in [5, 5.41) is 5.87. The van der Waals surface area contributed by atoms with Crippen LogP contribution in [0, 0.1) is 0 Å². The van der Waals surface area contributed by atoms with Crippen LogP contribution >= 0.6 is 0 Å². The van der Waals surface area contributed by atoms with Crippen molar-refractivity contribution in [2.24, 2.45) is 0 Å². The molecule has 2 aromatic carbocycles. The normalized spacial score (nSPS) is 14.2. The molecule has 0 radical (unpaired) electrons. The zero-order valence-electron chi connectivity index (χ0n) is 15.9. The predicted molar refractivity (Wildman–Crippen MR) is 107 cm³/mol. The summed E-state index contributed by atoms with van der Waals surface area (Å²) < 4.78 is 4.65. The van der Waals surface area contributed by atoms with E-state index in [1.165, 1.54) is 25.7 Å². The van der Waals surface area contributed by atoms with Crippen LogP contribution in [0.5, 0.6) is 0 Å². The third kappa shape index (κ3) is 4.76. The van der Waals surface area contributed by atoms with Gasteiger partial charge in [-0.3, -0.25) is 9.59 Å². The van der Waals surface area contributed by atoms with Gasteiger partial charge in [0.15, 0.2) is 0 Å². The first-order valence-corrected chi connectivity index (χ1v) is 9.48. The van der Waals surface area contributed by atoms with Gasteiger partial charge in [-0.15, -0.1) is 0 Å². The Kier molecular flexibility index (Phi) is 6.42. The van der Waals surface area contributed by atoms with Crippen molar-refractivity contribution in [3.8, 4) is 0 Å². The fraction of sp³-hybridized carbons (Fsp3) is 0.318. The molecule has 0 aromatic heterocycles. The van der Waals surface area contributed by atoms with Crippen molar-refractivity contribution in [3.63, 3.8) is 0 Å². The Morgan fingerprint density at radius 3 is 2.18 bits per heavy atom. The number of hydrogen-bond acceptors (Lipinski definition) is 4. The minimum absolute atomic E-state index is 0.177. The van der Waals surface area contributed by atoms with Crippen LogP contribution in [0.3, 0.4) is 0 Å². The van der Waals surface area contributed by atoms with E-state index in [9.17, 15) is 14.4 Å². The summed E-state index contributed by atoms with van der Waals surface area (Å²) in [4.78, 5) is 36.8. The van der Waals surface area contributed by atoms with Gasteiger partial charge in [-0.1, -0.05) is 31.4 Å². The summed E-state index contributed by atoms with van der Waals surface area (Å²) in [5.41, 5.74) is 1.65. The van der Waals surface area contributed by atoms with Crippen molar-refractivity contribution < 1.29 is 19.1 Å². The number of nitrogens with one attached hydrogen (secondary N) is 2. The topological polar surface area (TPSA) is 84.5 Å². The second-order valence-corrected chi connectivity index (χ2v) is 6.88. The Morgan fingerprint density at radius 2 is 1.50 bits per heavy atom. The molecule has 6 nitrogen and oxygen atoms in total. The minimum atomic E-state index is -0.461. The van der Waals surface area contributed by atoms with Crippen LogP contribution in [0.2, 0.25) is 0 Å². The molecule has 0 heterocycles. The maximum Gasteiger partial charge on any atom is 0.337 e. The average Bonchev–Trinajstić information content (AvgIpc) is 2.74. The molecule has 0 unspecified atom stereocenters. The van der Waals surface area contributed by atoms with E-state index in [0.717, 1.165) is 25.7 Å². The molecule has 2 N–H and O–H groups in total. The molecule has 2 amide bonds. The molecular formula is C22H24N2O4. The molecule has 0 atom stereocenters. The van der Waals surface area contributed by atoms with Crippen molar-refractivity contribution in [3.05, 3.63) is 65.2 Å². The summed E-state index contributed by atoms with van der Waals surface area (Å²) in [7, 11) is 1.30. The number of para-hydroxylation sites is 1. The average molecular weight is 380 g/mol. The van der Waals surface area contributed by atoms with Crippen LogP contribution in [-0.4, -0.2) is 30.9 Å². The quantitative estimate of drug-likeness (QED) is 0.773. The van der Waals surface area contributed by atoms with Crippen molar-refractivity contribution in [2.75, 3.05) is 12.4 Å².